The summed E-state index contributed by atoms with van der Waals surface area (Å²) in [6, 6.07) is 0. The van der Waals surface area contributed by atoms with Crippen LogP contribution >= 0.6 is 39.0 Å². The molecular weight excluding hydrogens is 455 g/mol. The highest BCUT2D eigenvalue weighted by molar-refractivity contribution is 7.72. The third kappa shape index (κ3) is 11.9. The predicted molar refractivity (Wildman–Crippen MR) is 80.7 cm³/mol. The van der Waals surface area contributed by atoms with E-state index in [9.17, 15) is 27.7 Å². The number of phosphoric acid groups is 4. The normalized spacial score (nSPS) is 20.4. The van der Waals surface area contributed by atoms with Gasteiger partial charge in [-0.05, 0) is 13.8 Å². The van der Waals surface area contributed by atoms with Crippen molar-refractivity contribution in [3.8, 4) is 0 Å². The molecule has 3 unspecified atom stereocenters. The van der Waals surface area contributed by atoms with Gasteiger partial charge in [-0.15, -0.1) is 0 Å². The van der Waals surface area contributed by atoms with Crippen LogP contribution in [0.4, 0.5) is 0 Å². The molecule has 0 rings (SSSR count). The van der Waals surface area contributed by atoms with Gasteiger partial charge in [-0.1, -0.05) is 0 Å². The molecule has 0 fully saturated rings. The molecule has 0 radical (unpaired) electrons. The zero-order valence-electron chi connectivity index (χ0n) is 12.6. The van der Waals surface area contributed by atoms with Crippen LogP contribution in [0.25, 0.3) is 0 Å². The first-order valence-corrected chi connectivity index (χ1v) is 13.6. The van der Waals surface area contributed by atoms with E-state index in [1.807, 2.05) is 0 Å². The van der Waals surface area contributed by atoms with Crippen LogP contribution in [0.2, 0.25) is 0 Å². The van der Waals surface area contributed by atoms with Gasteiger partial charge in [-0.2, -0.15) is 12.9 Å². The fraction of sp³-hybridized carbons (Fsp3) is 1.00. The van der Waals surface area contributed by atoms with E-state index < -0.39 is 52.2 Å². The van der Waals surface area contributed by atoms with Crippen molar-refractivity contribution in [2.45, 2.75) is 13.8 Å². The number of hydrogen-bond acceptors (Lipinski definition) is 11. The Hall–Kier alpha value is 0.710. The standard InChI is InChI=1S/C4H17N2O14P5/c1-3-15-24(13,17-21(5,6)7)20-25(14,16-4-2)19-23(11,12)18-22(8,9)10/h3-4H2,1-2H3,(H,11,12)(H4,5,6,7)(H2,8,9,10). The molecule has 0 saturated carbocycles. The van der Waals surface area contributed by atoms with Crippen LogP contribution in [0.1, 0.15) is 13.8 Å². The van der Waals surface area contributed by atoms with Crippen molar-refractivity contribution in [2.75, 3.05) is 13.2 Å². The van der Waals surface area contributed by atoms with Crippen molar-refractivity contribution >= 4 is 39.0 Å². The fourth-order valence-corrected chi connectivity index (χ4v) is 7.86. The molecule has 0 aromatic carbocycles. The molecule has 0 aliphatic rings. The van der Waals surface area contributed by atoms with Gasteiger partial charge in [0, 0.05) is 0 Å². The summed E-state index contributed by atoms with van der Waals surface area (Å²) in [4.78, 5) is 26.1. The minimum atomic E-state index is -5.76. The second-order valence-corrected chi connectivity index (χ2v) is 11.8. The van der Waals surface area contributed by atoms with Crippen molar-refractivity contribution in [2.24, 2.45) is 11.0 Å². The lowest BCUT2D eigenvalue weighted by atomic mass is 10.9. The third-order valence-electron chi connectivity index (χ3n) is 1.41. The van der Waals surface area contributed by atoms with Crippen LogP contribution in [0, 0.1) is 0 Å². The van der Waals surface area contributed by atoms with E-state index in [-0.39, 0.29) is 0 Å². The van der Waals surface area contributed by atoms with Crippen molar-refractivity contribution in [3.63, 3.8) is 0 Å². The first-order valence-electron chi connectivity index (χ1n) is 5.85. The van der Waals surface area contributed by atoms with E-state index in [4.69, 9.17) is 20.8 Å². The maximum absolute atomic E-state index is 12.3. The molecule has 25 heavy (non-hydrogen) atoms. The highest BCUT2D eigenvalue weighted by Crippen LogP contribution is 2.75. The van der Waals surface area contributed by atoms with Crippen LogP contribution in [0.15, 0.2) is 0 Å². The molecule has 21 heteroatoms. The Labute approximate surface area is 141 Å². The molecule has 0 spiro atoms. The zero-order valence-corrected chi connectivity index (χ0v) is 17.1. The molecule has 0 saturated heterocycles. The third-order valence-corrected chi connectivity index (χ3v) is 9.29. The average Bonchev–Trinajstić information content (AvgIpc) is 2.19. The van der Waals surface area contributed by atoms with E-state index >= 15 is 0 Å². The Balaban J connectivity index is 5.65. The highest BCUT2D eigenvalue weighted by atomic mass is 31.3. The van der Waals surface area contributed by atoms with Gasteiger partial charge in [0.1, 0.15) is 0 Å². The van der Waals surface area contributed by atoms with E-state index in [1.165, 1.54) is 13.8 Å². The van der Waals surface area contributed by atoms with E-state index in [1.54, 1.807) is 0 Å². The summed E-state index contributed by atoms with van der Waals surface area (Å²) in [5.41, 5.74) is 9.66. The lowest BCUT2D eigenvalue weighted by Crippen LogP contribution is -2.10. The summed E-state index contributed by atoms with van der Waals surface area (Å²) in [5.74, 6) is 0. The second-order valence-electron chi connectivity index (χ2n) is 3.66. The number of rotatable bonds is 12. The minimum Gasteiger partial charge on any atom is -0.302 e. The highest BCUT2D eigenvalue weighted by Gasteiger charge is 2.49. The van der Waals surface area contributed by atoms with Crippen molar-refractivity contribution in [1.82, 2.24) is 0 Å². The molecule has 0 aromatic heterocycles. The average molecular weight is 472 g/mol. The van der Waals surface area contributed by atoms with Gasteiger partial charge in [-0.25, -0.2) is 33.6 Å². The first-order chi connectivity index (χ1) is 10.9. The molecular formula is C4H17N2O14P5. The molecule has 0 heterocycles. The molecule has 0 bridgehead atoms. The lowest BCUT2D eigenvalue weighted by molar-refractivity contribution is 0.156. The van der Waals surface area contributed by atoms with Crippen LogP contribution in [0.3, 0.4) is 0 Å². The van der Waals surface area contributed by atoms with E-state index in [0.717, 1.165) is 0 Å². The van der Waals surface area contributed by atoms with Crippen LogP contribution < -0.4 is 11.0 Å². The molecule has 0 aromatic rings. The summed E-state index contributed by atoms with van der Waals surface area (Å²) in [7, 11) is -26.4. The smallest absolute Gasteiger partial charge is 0.302 e. The topological polar surface area (TPSA) is 253 Å². The maximum atomic E-state index is 12.3. The molecule has 16 nitrogen and oxygen atoms in total. The summed E-state index contributed by atoms with van der Waals surface area (Å²) < 4.78 is 82.2. The van der Waals surface area contributed by atoms with Gasteiger partial charge in [-0.3, -0.25) is 13.6 Å². The van der Waals surface area contributed by atoms with Gasteiger partial charge >= 0.3 is 39.0 Å². The van der Waals surface area contributed by atoms with Crippen LogP contribution in [0.5, 0.6) is 0 Å². The van der Waals surface area contributed by atoms with Gasteiger partial charge in [0.05, 0.1) is 13.2 Å². The largest absolute Gasteiger partial charge is 0.492 e. The van der Waals surface area contributed by atoms with E-state index in [0.29, 0.717) is 0 Å². The Morgan fingerprint density at radius 3 is 1.44 bits per heavy atom. The molecule has 7 N–H and O–H groups in total. The monoisotopic (exact) mass is 472 g/mol. The summed E-state index contributed by atoms with van der Waals surface area (Å²) >= 11 is 0. The Bertz CT molecular complexity index is 679. The molecule has 0 aliphatic carbocycles. The van der Waals surface area contributed by atoms with Crippen molar-refractivity contribution in [3.05, 3.63) is 0 Å². The summed E-state index contributed by atoms with van der Waals surface area (Å²) in [6.07, 6.45) is 0. The van der Waals surface area contributed by atoms with Crippen LogP contribution in [-0.2, 0) is 49.1 Å². The molecule has 0 amide bonds. The van der Waals surface area contributed by atoms with Gasteiger partial charge in [0.15, 0.2) is 0 Å². The summed E-state index contributed by atoms with van der Waals surface area (Å²) in [5, 5.41) is 0. The van der Waals surface area contributed by atoms with E-state index in [2.05, 4.69) is 26.3 Å². The minimum absolute atomic E-state index is 0.459. The first kappa shape index (κ1) is 25.7. The Morgan fingerprint density at radius 1 is 0.720 bits per heavy atom. The molecule has 3 atom stereocenters. The number of nitrogens with two attached hydrogens (primary N) is 2. The number of hydrogen-bond donors (Lipinski definition) is 5. The zero-order chi connectivity index (χ0) is 20.2. The summed E-state index contributed by atoms with van der Waals surface area (Å²) in [6.45, 7) is 1.40. The maximum Gasteiger partial charge on any atom is 0.492 e. The quantitative estimate of drug-likeness (QED) is 0.253. The fourth-order valence-electron chi connectivity index (χ4n) is 0.995. The molecule has 0 aliphatic heterocycles. The lowest BCUT2D eigenvalue weighted by Gasteiger charge is -2.23. The van der Waals surface area contributed by atoms with Gasteiger partial charge in [0.25, 0.3) is 0 Å². The SMILES string of the molecule is CCOP(=O)(OP(N)(N)=O)OP(=O)(OCC)OP(=O)(O)OP(=O)(O)O. The Kier molecular flexibility index (Phi) is 9.53. The molecule has 152 valence electrons. The van der Waals surface area contributed by atoms with Crippen molar-refractivity contribution in [1.29, 1.82) is 0 Å². The van der Waals surface area contributed by atoms with Crippen LogP contribution in [-0.4, -0.2) is 27.9 Å². The predicted octanol–water partition coefficient (Wildman–Crippen LogP) is 1.56. The van der Waals surface area contributed by atoms with Crippen molar-refractivity contribution < 1.29 is 63.8 Å². The van der Waals surface area contributed by atoms with Gasteiger partial charge in [0.2, 0.25) is 0 Å². The van der Waals surface area contributed by atoms with Gasteiger partial charge < -0.3 is 14.7 Å². The Morgan fingerprint density at radius 2 is 1.12 bits per heavy atom. The second kappa shape index (κ2) is 9.27.